The average molecular weight is 519 g/mol. The van der Waals surface area contributed by atoms with Crippen molar-refractivity contribution in [2.45, 2.75) is 52.4 Å². The van der Waals surface area contributed by atoms with Gasteiger partial charge in [-0.3, -0.25) is 0 Å². The standard InChI is InChI=1S/2C5H11O.2HI.Zr/c2*1-2-3-4-5-6;;;/h2*2-5H2,1H3;2*1H;/q2*-1;;;+4/p-2. The Morgan fingerprint density at radius 1 is 0.800 bits per heavy atom. The van der Waals surface area contributed by atoms with Crippen LogP contribution in [0.15, 0.2) is 0 Å². The van der Waals surface area contributed by atoms with E-state index in [1.807, 2.05) is 0 Å². The summed E-state index contributed by atoms with van der Waals surface area (Å²) in [4.78, 5) is 0. The first-order valence-corrected chi connectivity index (χ1v) is 22.4. The Hall–Kier alpha value is 2.26. The van der Waals surface area contributed by atoms with Crippen molar-refractivity contribution in [3.8, 4) is 0 Å². The zero-order valence-corrected chi connectivity index (χ0v) is 16.5. The number of unbranched alkanes of at least 4 members (excludes halogenated alkanes) is 4. The minimum atomic E-state index is -2.58. The summed E-state index contributed by atoms with van der Waals surface area (Å²) in [5, 5.41) is 0. The number of halogens is 2. The van der Waals surface area contributed by atoms with E-state index < -0.39 is 12.8 Å². The second-order valence-electron chi connectivity index (χ2n) is 3.57. The summed E-state index contributed by atoms with van der Waals surface area (Å²) in [7, 11) is 0. The Morgan fingerprint density at radius 2 is 1.20 bits per heavy atom. The van der Waals surface area contributed by atoms with Crippen LogP contribution in [-0.4, -0.2) is 13.2 Å². The van der Waals surface area contributed by atoms with E-state index in [0.29, 0.717) is 0 Å². The molecule has 0 aliphatic rings. The maximum atomic E-state index is 5.87. The zero-order chi connectivity index (χ0) is 11.6. The van der Waals surface area contributed by atoms with E-state index in [2.05, 4.69) is 49.9 Å². The van der Waals surface area contributed by atoms with Gasteiger partial charge in [-0.1, -0.05) is 0 Å². The van der Waals surface area contributed by atoms with Gasteiger partial charge in [-0.05, 0) is 0 Å². The third-order valence-electron chi connectivity index (χ3n) is 2.04. The molecule has 0 aromatic heterocycles. The normalized spacial score (nSPS) is 12.0. The van der Waals surface area contributed by atoms with E-state index in [1.165, 1.54) is 38.5 Å². The molecule has 0 amide bonds. The quantitative estimate of drug-likeness (QED) is 0.296. The fourth-order valence-corrected chi connectivity index (χ4v) is 8.42. The molecule has 0 aliphatic heterocycles. The topological polar surface area (TPSA) is 18.5 Å². The Labute approximate surface area is 118 Å². The molecule has 0 fully saturated rings. The van der Waals surface area contributed by atoms with Crippen molar-refractivity contribution in [1.29, 1.82) is 0 Å². The van der Waals surface area contributed by atoms with E-state index in [-0.39, 0.29) is 0 Å². The first-order chi connectivity index (χ1) is 7.12. The van der Waals surface area contributed by atoms with Gasteiger partial charge in [0.05, 0.1) is 0 Å². The predicted octanol–water partition coefficient (Wildman–Crippen LogP) is 5.08. The molecule has 0 bridgehead atoms. The molecule has 0 saturated heterocycles. The van der Waals surface area contributed by atoms with Crippen LogP contribution in [0.1, 0.15) is 52.4 Å². The van der Waals surface area contributed by atoms with Gasteiger partial charge in [0.15, 0.2) is 0 Å². The molecule has 0 spiro atoms. The first-order valence-electron chi connectivity index (χ1n) is 5.78. The van der Waals surface area contributed by atoms with Crippen LogP contribution < -0.4 is 0 Å². The summed E-state index contributed by atoms with van der Waals surface area (Å²) in [5.74, 6) is 0. The van der Waals surface area contributed by atoms with E-state index in [1.54, 1.807) is 0 Å². The minimum absolute atomic E-state index is 0.892. The third-order valence-corrected chi connectivity index (χ3v) is 12.1. The summed E-state index contributed by atoms with van der Waals surface area (Å²) < 4.78 is 11.7. The van der Waals surface area contributed by atoms with E-state index in [9.17, 15) is 0 Å². The van der Waals surface area contributed by atoms with Crippen molar-refractivity contribution in [2.75, 3.05) is 13.2 Å². The van der Waals surface area contributed by atoms with Gasteiger partial charge >= 0.3 is 120 Å². The molecule has 0 atom stereocenters. The average Bonchev–Trinajstić information content (AvgIpc) is 2.20. The molecule has 0 rings (SSSR count). The fourth-order valence-electron chi connectivity index (χ4n) is 1.13. The first kappa shape index (κ1) is 17.3. The SMILES string of the molecule is CCCCC[O][Zr]([I])([I])[O]CCCCC. The summed E-state index contributed by atoms with van der Waals surface area (Å²) in [6.45, 7) is 6.21. The van der Waals surface area contributed by atoms with E-state index in [4.69, 9.17) is 5.63 Å². The van der Waals surface area contributed by atoms with Crippen molar-refractivity contribution < 1.29 is 18.4 Å². The molecule has 0 N–H and O–H groups in total. The van der Waals surface area contributed by atoms with Crippen LogP contribution in [0.5, 0.6) is 0 Å². The summed E-state index contributed by atoms with van der Waals surface area (Å²) in [5.41, 5.74) is 0. The number of hydrogen-bond donors (Lipinski definition) is 0. The molecule has 0 radical (unpaired) electrons. The van der Waals surface area contributed by atoms with E-state index in [0.717, 1.165) is 13.2 Å². The summed E-state index contributed by atoms with van der Waals surface area (Å²) in [6, 6.07) is 0. The van der Waals surface area contributed by atoms with Gasteiger partial charge in [0.2, 0.25) is 0 Å². The van der Waals surface area contributed by atoms with Crippen molar-refractivity contribution in [2.24, 2.45) is 0 Å². The van der Waals surface area contributed by atoms with Crippen LogP contribution in [0, 0.1) is 0 Å². The molecule has 0 saturated carbocycles. The molecule has 0 aromatic carbocycles. The fraction of sp³-hybridized carbons (Fsp3) is 1.00. The maximum absolute atomic E-state index is 5.87. The van der Waals surface area contributed by atoms with Crippen molar-refractivity contribution in [3.05, 3.63) is 0 Å². The van der Waals surface area contributed by atoms with Crippen molar-refractivity contribution in [1.82, 2.24) is 0 Å². The molecule has 0 aliphatic carbocycles. The van der Waals surface area contributed by atoms with Gasteiger partial charge in [-0.2, -0.15) is 0 Å². The van der Waals surface area contributed by atoms with Gasteiger partial charge in [-0.15, -0.1) is 0 Å². The van der Waals surface area contributed by atoms with Gasteiger partial charge < -0.3 is 0 Å². The van der Waals surface area contributed by atoms with Crippen LogP contribution in [-0.2, 0) is 18.4 Å². The predicted molar refractivity (Wildman–Crippen MR) is 79.0 cm³/mol. The molecular weight excluding hydrogens is 497 g/mol. The summed E-state index contributed by atoms with van der Waals surface area (Å²) >= 11 is 2.28. The molecule has 5 heteroatoms. The number of rotatable bonds is 10. The van der Waals surface area contributed by atoms with Crippen LogP contribution in [0.2, 0.25) is 0 Å². The second-order valence-corrected chi connectivity index (χ2v) is 36.3. The van der Waals surface area contributed by atoms with Gasteiger partial charge in [-0.25, -0.2) is 0 Å². The van der Waals surface area contributed by atoms with Gasteiger partial charge in [0.25, 0.3) is 0 Å². The molecule has 2 nitrogen and oxygen atoms in total. The van der Waals surface area contributed by atoms with Crippen molar-refractivity contribution >= 4 is 36.1 Å². The van der Waals surface area contributed by atoms with Crippen molar-refractivity contribution in [3.63, 3.8) is 0 Å². The van der Waals surface area contributed by atoms with E-state index >= 15 is 0 Å². The molecule has 0 heterocycles. The van der Waals surface area contributed by atoms with Crippen LogP contribution in [0.25, 0.3) is 0 Å². The Balaban J connectivity index is 3.40. The Morgan fingerprint density at radius 3 is 1.53 bits per heavy atom. The van der Waals surface area contributed by atoms with Crippen LogP contribution in [0.3, 0.4) is 0 Å². The molecule has 0 unspecified atom stereocenters. The van der Waals surface area contributed by atoms with Crippen LogP contribution in [0.4, 0.5) is 0 Å². The molecule has 15 heavy (non-hydrogen) atoms. The zero-order valence-electron chi connectivity index (χ0n) is 9.73. The van der Waals surface area contributed by atoms with Gasteiger partial charge in [0.1, 0.15) is 0 Å². The Kier molecular flexibility index (Phi) is 13.1. The Bertz CT molecular complexity index is 131. The number of hydrogen-bond acceptors (Lipinski definition) is 2. The molecular formula is C10H22I2O2Zr. The molecule has 0 aromatic rings. The monoisotopic (exact) mass is 518 g/mol. The van der Waals surface area contributed by atoms with Crippen LogP contribution >= 0.6 is 36.1 Å². The third kappa shape index (κ3) is 12.5. The molecule has 92 valence electrons. The second kappa shape index (κ2) is 11.4. The van der Waals surface area contributed by atoms with Gasteiger partial charge in [0, 0.05) is 0 Å². The summed E-state index contributed by atoms with van der Waals surface area (Å²) in [6.07, 6.45) is 7.41.